The molecule has 3 aliphatic rings. The molecular weight excluding hydrogens is 448 g/mol. The summed E-state index contributed by atoms with van der Waals surface area (Å²) in [4.78, 5) is 29.7. The second kappa shape index (κ2) is 8.98. The average Bonchev–Trinajstić information content (AvgIpc) is 3.75. The summed E-state index contributed by atoms with van der Waals surface area (Å²) in [5, 5.41) is 3.61. The lowest BCUT2D eigenvalue weighted by molar-refractivity contribution is -0.120. The molecule has 3 aromatic carbocycles. The van der Waals surface area contributed by atoms with Crippen LogP contribution in [0.3, 0.4) is 0 Å². The molecule has 0 spiro atoms. The first-order valence-electron chi connectivity index (χ1n) is 12.7. The Labute approximate surface area is 211 Å². The highest BCUT2D eigenvalue weighted by Gasteiger charge is 2.45. The van der Waals surface area contributed by atoms with Crippen molar-refractivity contribution in [3.05, 3.63) is 101 Å². The van der Waals surface area contributed by atoms with Crippen LogP contribution < -0.4 is 15.0 Å². The highest BCUT2D eigenvalue weighted by Crippen LogP contribution is 2.49. The summed E-state index contributed by atoms with van der Waals surface area (Å²) in [6.45, 7) is 2.07. The Bertz CT molecular complexity index is 1370. The molecule has 5 nitrogen and oxygen atoms in total. The Morgan fingerprint density at radius 2 is 1.72 bits per heavy atom. The smallest absolute Gasteiger partial charge is 0.231 e. The molecule has 1 heterocycles. The zero-order valence-electron chi connectivity index (χ0n) is 20.7. The fraction of sp³-hybridized carbons (Fsp3) is 0.290. The summed E-state index contributed by atoms with van der Waals surface area (Å²) in [5.41, 5.74) is 6.54. The number of benzene rings is 3. The molecule has 1 amide bonds. The van der Waals surface area contributed by atoms with Gasteiger partial charge in [-0.1, -0.05) is 54.1 Å². The summed E-state index contributed by atoms with van der Waals surface area (Å²) >= 11 is 0. The first kappa shape index (κ1) is 22.6. The van der Waals surface area contributed by atoms with Gasteiger partial charge in [-0.25, -0.2) is 0 Å². The maximum Gasteiger partial charge on any atom is 0.231 e. The Morgan fingerprint density at radius 3 is 2.47 bits per heavy atom. The van der Waals surface area contributed by atoms with Crippen LogP contribution in [0.15, 0.2) is 84.1 Å². The number of rotatable bonds is 4. The molecule has 5 heteroatoms. The lowest BCUT2D eigenvalue weighted by Gasteiger charge is -2.35. The third-order valence-electron chi connectivity index (χ3n) is 7.61. The van der Waals surface area contributed by atoms with Crippen molar-refractivity contribution in [1.29, 1.82) is 0 Å². The van der Waals surface area contributed by atoms with E-state index in [1.54, 1.807) is 7.11 Å². The summed E-state index contributed by atoms with van der Waals surface area (Å²) in [6, 6.07) is 23.7. The number of fused-ring (bicyclic) bond motifs is 1. The van der Waals surface area contributed by atoms with Crippen molar-refractivity contribution in [2.45, 2.75) is 44.6 Å². The van der Waals surface area contributed by atoms with E-state index < -0.39 is 6.04 Å². The predicted molar refractivity (Wildman–Crippen MR) is 141 cm³/mol. The molecule has 0 bridgehead atoms. The van der Waals surface area contributed by atoms with Gasteiger partial charge in [-0.15, -0.1) is 0 Å². The normalized spacial score (nSPS) is 21.3. The van der Waals surface area contributed by atoms with Gasteiger partial charge in [0, 0.05) is 23.6 Å². The minimum Gasteiger partial charge on any atom is -0.497 e. The van der Waals surface area contributed by atoms with Crippen molar-refractivity contribution < 1.29 is 14.3 Å². The third kappa shape index (κ3) is 3.98. The van der Waals surface area contributed by atoms with Crippen LogP contribution in [0.1, 0.15) is 54.3 Å². The molecule has 0 aromatic heterocycles. The Balaban J connectivity index is 1.54. The average molecular weight is 479 g/mol. The van der Waals surface area contributed by atoms with Crippen LogP contribution in [0, 0.1) is 12.8 Å². The number of hydrogen-bond donors (Lipinski definition) is 1. The van der Waals surface area contributed by atoms with Crippen LogP contribution >= 0.6 is 0 Å². The summed E-state index contributed by atoms with van der Waals surface area (Å²) < 4.78 is 5.53. The number of methoxy groups -OCH3 is 1. The largest absolute Gasteiger partial charge is 0.497 e. The summed E-state index contributed by atoms with van der Waals surface area (Å²) in [6.07, 6.45) is 2.92. The Morgan fingerprint density at radius 1 is 0.944 bits per heavy atom. The van der Waals surface area contributed by atoms with Gasteiger partial charge in [0.15, 0.2) is 5.78 Å². The molecule has 182 valence electrons. The lowest BCUT2D eigenvalue weighted by Crippen LogP contribution is -2.39. The van der Waals surface area contributed by atoms with E-state index in [4.69, 9.17) is 4.74 Å². The van der Waals surface area contributed by atoms with Crippen molar-refractivity contribution >= 4 is 23.1 Å². The van der Waals surface area contributed by atoms with E-state index in [0.717, 1.165) is 35.5 Å². The van der Waals surface area contributed by atoms with E-state index in [2.05, 4.69) is 36.5 Å². The molecule has 2 atom stereocenters. The number of aryl methyl sites for hydroxylation is 1. The fourth-order valence-corrected chi connectivity index (χ4v) is 5.56. The van der Waals surface area contributed by atoms with Crippen LogP contribution in [0.25, 0.3) is 0 Å². The van der Waals surface area contributed by atoms with Gasteiger partial charge >= 0.3 is 0 Å². The van der Waals surface area contributed by atoms with Gasteiger partial charge in [0.2, 0.25) is 5.91 Å². The van der Waals surface area contributed by atoms with E-state index in [1.807, 2.05) is 53.4 Å². The van der Waals surface area contributed by atoms with Crippen molar-refractivity contribution in [3.63, 3.8) is 0 Å². The molecule has 0 unspecified atom stereocenters. The minimum absolute atomic E-state index is 0.00677. The van der Waals surface area contributed by atoms with Crippen LogP contribution in [0.5, 0.6) is 5.75 Å². The maximum atomic E-state index is 14.0. The van der Waals surface area contributed by atoms with Gasteiger partial charge < -0.3 is 10.1 Å². The second-order valence-electron chi connectivity index (χ2n) is 10.1. The number of nitrogens with zero attached hydrogens (tertiary/aromatic N) is 1. The zero-order chi connectivity index (χ0) is 24.8. The molecule has 1 aliphatic heterocycles. The van der Waals surface area contributed by atoms with E-state index in [9.17, 15) is 9.59 Å². The van der Waals surface area contributed by atoms with Gasteiger partial charge in [-0.2, -0.15) is 0 Å². The van der Waals surface area contributed by atoms with Crippen LogP contribution in [0.4, 0.5) is 11.4 Å². The molecule has 1 fully saturated rings. The first-order chi connectivity index (χ1) is 17.5. The Kier molecular flexibility index (Phi) is 5.63. The molecule has 6 rings (SSSR count). The predicted octanol–water partition coefficient (Wildman–Crippen LogP) is 6.31. The molecular formula is C31H30N2O3. The van der Waals surface area contributed by atoms with E-state index >= 15 is 0 Å². The quantitative estimate of drug-likeness (QED) is 0.477. The van der Waals surface area contributed by atoms with E-state index in [-0.39, 0.29) is 23.5 Å². The Hall–Kier alpha value is -3.86. The topological polar surface area (TPSA) is 58.6 Å². The number of carbonyl (C=O) groups excluding carboxylic acids is 2. The summed E-state index contributed by atoms with van der Waals surface area (Å²) in [7, 11) is 1.64. The number of ketones is 1. The van der Waals surface area contributed by atoms with Crippen LogP contribution in [0.2, 0.25) is 0 Å². The highest BCUT2D eigenvalue weighted by atomic mass is 16.5. The molecule has 1 N–H and O–H groups in total. The molecule has 1 saturated carbocycles. The third-order valence-corrected chi connectivity index (χ3v) is 7.61. The van der Waals surface area contributed by atoms with Gasteiger partial charge in [-0.3, -0.25) is 14.5 Å². The SMILES string of the molecule is COc1cccc([C@@H]2C3=C(C[C@H](c4ccc(C)cc4)CC3=O)Nc3ccccc3N2C(=O)C2CC2)c1. The standard InChI is InChI=1S/C31H30N2O3/c1-19-10-12-20(13-11-19)23-17-26-29(28(34)18-23)30(22-6-5-7-24(16-22)36-2)33(31(35)21-14-15-21)27-9-4-3-8-25(27)32-26/h3-13,16,21,23,30,32H,14-15,17-18H2,1-2H3/t23-,30+/m0/s1. The molecule has 3 aromatic rings. The number of hydrogen-bond acceptors (Lipinski definition) is 4. The fourth-order valence-electron chi connectivity index (χ4n) is 5.56. The molecule has 0 radical (unpaired) electrons. The van der Waals surface area contributed by atoms with Gasteiger partial charge in [0.05, 0.1) is 24.5 Å². The van der Waals surface area contributed by atoms with Gasteiger partial charge in [0.25, 0.3) is 0 Å². The number of carbonyl (C=O) groups is 2. The van der Waals surface area contributed by atoms with Gasteiger partial charge in [-0.05, 0) is 67.5 Å². The van der Waals surface area contributed by atoms with Crippen molar-refractivity contribution in [3.8, 4) is 5.75 Å². The number of Topliss-reactive ketones (excluding diaryl/α,β-unsaturated/α-hetero) is 1. The van der Waals surface area contributed by atoms with Crippen LogP contribution in [-0.4, -0.2) is 18.8 Å². The number of para-hydroxylation sites is 2. The van der Waals surface area contributed by atoms with E-state index in [0.29, 0.717) is 24.2 Å². The number of ether oxygens (including phenoxy) is 1. The van der Waals surface area contributed by atoms with Gasteiger partial charge in [0.1, 0.15) is 5.75 Å². The van der Waals surface area contributed by atoms with Crippen molar-refractivity contribution in [1.82, 2.24) is 0 Å². The molecule has 36 heavy (non-hydrogen) atoms. The maximum absolute atomic E-state index is 14.0. The highest BCUT2D eigenvalue weighted by molar-refractivity contribution is 6.07. The number of nitrogens with one attached hydrogen (secondary N) is 1. The number of anilines is 2. The van der Waals surface area contributed by atoms with E-state index in [1.165, 1.54) is 11.1 Å². The number of amides is 1. The first-order valence-corrected chi connectivity index (χ1v) is 12.7. The zero-order valence-corrected chi connectivity index (χ0v) is 20.7. The molecule has 0 saturated heterocycles. The monoisotopic (exact) mass is 478 g/mol. The second-order valence-corrected chi connectivity index (χ2v) is 10.1. The lowest BCUT2D eigenvalue weighted by atomic mass is 9.78. The molecule has 2 aliphatic carbocycles. The van der Waals surface area contributed by atoms with Crippen molar-refractivity contribution in [2.24, 2.45) is 5.92 Å². The number of allylic oxidation sites excluding steroid dienone is 1. The minimum atomic E-state index is -0.509. The van der Waals surface area contributed by atoms with Crippen LogP contribution in [-0.2, 0) is 9.59 Å². The van der Waals surface area contributed by atoms with Crippen molar-refractivity contribution in [2.75, 3.05) is 17.3 Å². The summed E-state index contributed by atoms with van der Waals surface area (Å²) in [5.74, 6) is 0.975.